The topological polar surface area (TPSA) is 84.3 Å². The molecule has 1 atom stereocenters. The maximum absolute atomic E-state index is 13.0. The van der Waals surface area contributed by atoms with E-state index in [0.29, 0.717) is 34.1 Å². The summed E-state index contributed by atoms with van der Waals surface area (Å²) in [6.07, 6.45) is 0. The van der Waals surface area contributed by atoms with Gasteiger partial charge in [0.25, 0.3) is 5.56 Å². The Bertz CT molecular complexity index is 1080. The molecule has 1 aromatic carbocycles. The van der Waals surface area contributed by atoms with Gasteiger partial charge in [0, 0.05) is 13.1 Å². The average molecular weight is 400 g/mol. The molecule has 0 bridgehead atoms. The molecule has 1 aliphatic rings. The molecular formula is C18H16N4O3S2. The summed E-state index contributed by atoms with van der Waals surface area (Å²) in [6, 6.07) is 10.6. The highest BCUT2D eigenvalue weighted by Crippen LogP contribution is 2.27. The van der Waals surface area contributed by atoms with E-state index in [1.165, 1.54) is 32.6 Å². The molecule has 3 amide bonds. The molecule has 7 nitrogen and oxygen atoms in total. The number of nitrogens with one attached hydrogen (secondary N) is 1. The van der Waals surface area contributed by atoms with Crippen LogP contribution in [0.3, 0.4) is 0 Å². The van der Waals surface area contributed by atoms with Crippen molar-refractivity contribution in [2.24, 2.45) is 0 Å². The fourth-order valence-electron chi connectivity index (χ4n) is 2.89. The van der Waals surface area contributed by atoms with Crippen LogP contribution in [0.5, 0.6) is 0 Å². The summed E-state index contributed by atoms with van der Waals surface area (Å²) in [4.78, 5) is 43.9. The molecule has 0 saturated carbocycles. The Morgan fingerprint density at radius 2 is 2.04 bits per heavy atom. The molecule has 1 N–H and O–H groups in total. The van der Waals surface area contributed by atoms with Gasteiger partial charge in [-0.3, -0.25) is 19.1 Å². The monoisotopic (exact) mass is 400 g/mol. The Balaban J connectivity index is 1.75. The smallest absolute Gasteiger partial charge is 0.324 e. The summed E-state index contributed by atoms with van der Waals surface area (Å²) in [5, 5.41) is 4.87. The van der Waals surface area contributed by atoms with Crippen molar-refractivity contribution in [1.29, 1.82) is 0 Å². The van der Waals surface area contributed by atoms with Gasteiger partial charge in [-0.15, -0.1) is 11.3 Å². The first kappa shape index (κ1) is 17.7. The van der Waals surface area contributed by atoms with Gasteiger partial charge in [0.05, 0.1) is 16.3 Å². The van der Waals surface area contributed by atoms with Crippen LogP contribution in [0.4, 0.5) is 4.79 Å². The molecule has 9 heteroatoms. The maximum atomic E-state index is 13.0. The Morgan fingerprint density at radius 1 is 1.26 bits per heavy atom. The fraction of sp³-hybridized carbons (Fsp3) is 0.222. The number of para-hydroxylation sites is 1. The molecule has 1 aliphatic heterocycles. The Morgan fingerprint density at radius 3 is 2.74 bits per heavy atom. The van der Waals surface area contributed by atoms with Crippen LogP contribution in [0, 0.1) is 0 Å². The molecule has 1 saturated heterocycles. The van der Waals surface area contributed by atoms with Gasteiger partial charge in [0.1, 0.15) is 4.83 Å². The van der Waals surface area contributed by atoms with Gasteiger partial charge in [-0.05, 0) is 30.5 Å². The van der Waals surface area contributed by atoms with Crippen LogP contribution in [-0.2, 0) is 4.79 Å². The number of amides is 3. The molecular weight excluding hydrogens is 384 g/mol. The first-order chi connectivity index (χ1) is 13.1. The highest BCUT2D eigenvalue weighted by molar-refractivity contribution is 8.00. The minimum atomic E-state index is -0.562. The highest BCUT2D eigenvalue weighted by Gasteiger charge is 2.31. The van der Waals surface area contributed by atoms with Gasteiger partial charge in [-0.1, -0.05) is 30.0 Å². The zero-order valence-corrected chi connectivity index (χ0v) is 16.0. The number of aromatic nitrogens is 2. The van der Waals surface area contributed by atoms with Crippen LogP contribution in [0.2, 0.25) is 0 Å². The normalized spacial score (nSPS) is 15.1. The molecule has 0 spiro atoms. The largest absolute Gasteiger partial charge is 0.336 e. The second-order valence-corrected chi connectivity index (χ2v) is 8.19. The molecule has 1 fully saturated rings. The maximum Gasteiger partial charge on any atom is 0.324 e. The lowest BCUT2D eigenvalue weighted by atomic mass is 10.3. The molecule has 138 valence electrons. The Kier molecular flexibility index (Phi) is 4.71. The van der Waals surface area contributed by atoms with Crippen molar-refractivity contribution in [3.8, 4) is 5.69 Å². The van der Waals surface area contributed by atoms with Crippen LogP contribution >= 0.6 is 23.1 Å². The van der Waals surface area contributed by atoms with Gasteiger partial charge >= 0.3 is 6.03 Å². The van der Waals surface area contributed by atoms with E-state index >= 15 is 0 Å². The first-order valence-corrected chi connectivity index (χ1v) is 10.1. The number of imide groups is 1. The van der Waals surface area contributed by atoms with Crippen molar-refractivity contribution in [2.45, 2.75) is 17.3 Å². The second kappa shape index (κ2) is 7.16. The minimum absolute atomic E-state index is 0.173. The number of thioether (sulfide) groups is 1. The summed E-state index contributed by atoms with van der Waals surface area (Å²) in [5.41, 5.74) is 0.512. The number of carbonyl (C=O) groups excluding carboxylic acids is 2. The fourth-order valence-corrected chi connectivity index (χ4v) is 4.68. The van der Waals surface area contributed by atoms with Crippen LogP contribution in [0.15, 0.2) is 51.7 Å². The number of rotatable bonds is 4. The van der Waals surface area contributed by atoms with Crippen LogP contribution in [-0.4, -0.2) is 44.7 Å². The summed E-state index contributed by atoms with van der Waals surface area (Å²) >= 11 is 2.57. The molecule has 0 radical (unpaired) electrons. The van der Waals surface area contributed by atoms with Crippen molar-refractivity contribution in [3.63, 3.8) is 0 Å². The quantitative estimate of drug-likeness (QED) is 0.537. The lowest BCUT2D eigenvalue weighted by Gasteiger charge is -2.19. The van der Waals surface area contributed by atoms with E-state index in [1.54, 1.807) is 13.0 Å². The number of fused-ring (bicyclic) bond motifs is 1. The Labute approximate surface area is 163 Å². The summed E-state index contributed by atoms with van der Waals surface area (Å²) in [7, 11) is 0. The molecule has 4 rings (SSSR count). The van der Waals surface area contributed by atoms with Crippen molar-refractivity contribution in [3.05, 3.63) is 52.1 Å². The van der Waals surface area contributed by atoms with Crippen LogP contribution < -0.4 is 10.9 Å². The predicted molar refractivity (Wildman–Crippen MR) is 106 cm³/mol. The molecule has 3 aromatic rings. The summed E-state index contributed by atoms with van der Waals surface area (Å²) in [5.74, 6) is -0.296. The van der Waals surface area contributed by atoms with Crippen LogP contribution in [0.1, 0.15) is 6.92 Å². The van der Waals surface area contributed by atoms with Crippen molar-refractivity contribution in [2.75, 3.05) is 13.1 Å². The van der Waals surface area contributed by atoms with E-state index < -0.39 is 5.25 Å². The molecule has 0 unspecified atom stereocenters. The number of hydrogen-bond donors (Lipinski definition) is 1. The van der Waals surface area contributed by atoms with Crippen molar-refractivity contribution >= 4 is 45.3 Å². The van der Waals surface area contributed by atoms with E-state index in [-0.39, 0.29) is 17.5 Å². The number of hydrogen-bond acceptors (Lipinski definition) is 6. The van der Waals surface area contributed by atoms with E-state index in [4.69, 9.17) is 0 Å². The zero-order chi connectivity index (χ0) is 19.0. The predicted octanol–water partition coefficient (Wildman–Crippen LogP) is 2.48. The third kappa shape index (κ3) is 3.24. The van der Waals surface area contributed by atoms with Gasteiger partial charge in [0.15, 0.2) is 5.16 Å². The second-order valence-electron chi connectivity index (χ2n) is 5.99. The highest BCUT2D eigenvalue weighted by atomic mass is 32.2. The van der Waals surface area contributed by atoms with E-state index in [9.17, 15) is 14.4 Å². The SMILES string of the molecule is C[C@H](Sc1nc2sccc2c(=O)n1-c1ccccc1)C(=O)N1CCNC1=O. The molecule has 0 aliphatic carbocycles. The van der Waals surface area contributed by atoms with Gasteiger partial charge < -0.3 is 5.32 Å². The lowest BCUT2D eigenvalue weighted by molar-refractivity contribution is -0.126. The number of nitrogens with zero attached hydrogens (tertiary/aromatic N) is 3. The number of carbonyl (C=O) groups is 2. The summed E-state index contributed by atoms with van der Waals surface area (Å²) in [6.45, 7) is 2.53. The van der Waals surface area contributed by atoms with E-state index in [2.05, 4.69) is 10.3 Å². The lowest BCUT2D eigenvalue weighted by Crippen LogP contribution is -2.39. The van der Waals surface area contributed by atoms with Crippen molar-refractivity contribution in [1.82, 2.24) is 19.8 Å². The molecule has 3 heterocycles. The Hall–Kier alpha value is -2.65. The molecule has 27 heavy (non-hydrogen) atoms. The van der Waals surface area contributed by atoms with Gasteiger partial charge in [-0.2, -0.15) is 0 Å². The standard InChI is InChI=1S/C18H16N4O3S2/c1-11(15(23)21-9-8-19-17(21)25)27-18-20-14-13(7-10-26-14)16(24)22(18)12-5-3-2-4-6-12/h2-7,10-11H,8-9H2,1H3,(H,19,25)/t11-/m0/s1. The van der Waals surface area contributed by atoms with Gasteiger partial charge in [-0.25, -0.2) is 9.78 Å². The number of thiophene rings is 1. The third-order valence-corrected chi connectivity index (χ3v) is 6.08. The third-order valence-electron chi connectivity index (χ3n) is 4.23. The average Bonchev–Trinajstić information content (AvgIpc) is 3.31. The van der Waals surface area contributed by atoms with Crippen molar-refractivity contribution < 1.29 is 9.59 Å². The van der Waals surface area contributed by atoms with E-state index in [0.717, 1.165) is 0 Å². The number of urea groups is 1. The van der Waals surface area contributed by atoms with Gasteiger partial charge in [0.2, 0.25) is 5.91 Å². The zero-order valence-electron chi connectivity index (χ0n) is 14.4. The molecule has 2 aromatic heterocycles. The first-order valence-electron chi connectivity index (χ1n) is 8.38. The van der Waals surface area contributed by atoms with Crippen LogP contribution in [0.25, 0.3) is 15.9 Å². The minimum Gasteiger partial charge on any atom is -0.336 e. The number of benzene rings is 1. The van der Waals surface area contributed by atoms with E-state index in [1.807, 2.05) is 35.7 Å². The summed E-state index contributed by atoms with van der Waals surface area (Å²) < 4.78 is 1.52.